The van der Waals surface area contributed by atoms with Gasteiger partial charge >= 0.3 is 12.4 Å². The van der Waals surface area contributed by atoms with E-state index in [4.69, 9.17) is 0 Å². The summed E-state index contributed by atoms with van der Waals surface area (Å²) in [6.45, 7) is 4.51. The Morgan fingerprint density at radius 1 is 0.375 bits per heavy atom. The number of alkyl halides is 6. The molecule has 1 spiro atoms. The zero-order valence-corrected chi connectivity index (χ0v) is 44.1. The van der Waals surface area contributed by atoms with Crippen LogP contribution in [-0.4, -0.2) is 0 Å². The maximum absolute atomic E-state index is 14.7. The fourth-order valence-electron chi connectivity index (χ4n) is 12.8. The van der Waals surface area contributed by atoms with Gasteiger partial charge < -0.3 is 9.80 Å². The van der Waals surface area contributed by atoms with E-state index in [0.29, 0.717) is 76.2 Å². The van der Waals surface area contributed by atoms with E-state index in [0.717, 1.165) is 79.3 Å². The number of rotatable bonds is 6. The van der Waals surface area contributed by atoms with E-state index < -0.39 is 34.3 Å². The van der Waals surface area contributed by atoms with Crippen molar-refractivity contribution < 1.29 is 26.3 Å². The average molecular weight is 1090 g/mol. The number of fused-ring (bicyclic) bond motifs is 15. The molecular formula is C68H40F6N4S2. The lowest BCUT2D eigenvalue weighted by Gasteiger charge is -2.46. The Bertz CT molecular complexity index is 4360. The van der Waals surface area contributed by atoms with Crippen molar-refractivity contribution in [1.82, 2.24) is 0 Å². The molecule has 386 valence electrons. The minimum absolute atomic E-state index is 0.135. The van der Waals surface area contributed by atoms with Gasteiger partial charge in [0.25, 0.3) is 0 Å². The van der Waals surface area contributed by atoms with Crippen LogP contribution in [0.2, 0.25) is 0 Å². The second-order valence-electron chi connectivity index (χ2n) is 20.8. The van der Waals surface area contributed by atoms with Crippen LogP contribution in [0.1, 0.15) is 69.5 Å². The standard InChI is InChI=1S/C68H40F6N4S2/c1-65(2)53-15-3-5-17-55(53)66(56-18-6-4-16-54(56)65)51-33-31-43(77(41-27-23-39(37-75)24-28-41)59-21-9-13-47-45-11-7-19-57(67(69,70)71)61(45)79-63(47)59)35-49(51)50-36-44(32-34-52(50)66)78(42-29-25-40(38-76)26-30-42)60-22-10-14-48-46-12-8-20-58(68(72,73)74)62(46)80-64(48)60/h3-36H,1-2H3. The van der Waals surface area contributed by atoms with Crippen molar-refractivity contribution in [3.63, 3.8) is 0 Å². The van der Waals surface area contributed by atoms with E-state index in [9.17, 15) is 36.9 Å². The van der Waals surface area contributed by atoms with Gasteiger partial charge in [0, 0.05) is 59.1 Å². The molecule has 0 saturated heterocycles. The van der Waals surface area contributed by atoms with Gasteiger partial charge in [0.05, 0.1) is 60.6 Å². The van der Waals surface area contributed by atoms with Gasteiger partial charge in [-0.15, -0.1) is 22.7 Å². The average Bonchev–Trinajstić information content (AvgIpc) is 3.83. The molecule has 14 rings (SSSR count). The van der Waals surface area contributed by atoms with Gasteiger partial charge in [-0.1, -0.05) is 123 Å². The second kappa shape index (κ2) is 17.7. The number of anilines is 6. The predicted octanol–water partition coefficient (Wildman–Crippen LogP) is 20.1. The van der Waals surface area contributed by atoms with Crippen molar-refractivity contribution in [1.29, 1.82) is 10.5 Å². The summed E-state index contributed by atoms with van der Waals surface area (Å²) in [7, 11) is 0. The third kappa shape index (κ3) is 7.12. The molecule has 2 heterocycles. The Balaban J connectivity index is 1.06. The van der Waals surface area contributed by atoms with E-state index in [1.54, 1.807) is 36.4 Å². The minimum Gasteiger partial charge on any atom is -0.309 e. The highest BCUT2D eigenvalue weighted by molar-refractivity contribution is 7.27. The first-order chi connectivity index (χ1) is 38.6. The molecule has 0 aliphatic heterocycles. The van der Waals surface area contributed by atoms with Crippen molar-refractivity contribution in [2.45, 2.75) is 37.0 Å². The molecule has 4 nitrogen and oxygen atoms in total. The van der Waals surface area contributed by atoms with E-state index >= 15 is 0 Å². The van der Waals surface area contributed by atoms with Gasteiger partial charge in [-0.05, 0) is 142 Å². The fraction of sp³-hybridized carbons (Fsp3) is 0.0882. The van der Waals surface area contributed by atoms with Crippen LogP contribution in [0.3, 0.4) is 0 Å². The van der Waals surface area contributed by atoms with Crippen molar-refractivity contribution in [3.05, 3.63) is 262 Å². The summed E-state index contributed by atoms with van der Waals surface area (Å²) in [6.07, 6.45) is -9.17. The number of thiophene rings is 2. The molecular weight excluding hydrogens is 1050 g/mol. The van der Waals surface area contributed by atoms with Crippen LogP contribution in [0, 0.1) is 22.7 Å². The largest absolute Gasteiger partial charge is 0.417 e. The maximum Gasteiger partial charge on any atom is 0.417 e. The van der Waals surface area contributed by atoms with Crippen LogP contribution >= 0.6 is 22.7 Å². The number of hydrogen-bond donors (Lipinski definition) is 0. The lowest BCUT2D eigenvalue weighted by Crippen LogP contribution is -2.40. The zero-order chi connectivity index (χ0) is 55.0. The van der Waals surface area contributed by atoms with E-state index in [2.05, 4.69) is 111 Å². The summed E-state index contributed by atoms with van der Waals surface area (Å²) in [5, 5.41) is 22.2. The van der Waals surface area contributed by atoms with Crippen molar-refractivity contribution in [3.8, 4) is 23.3 Å². The molecule has 12 aromatic rings. The SMILES string of the molecule is CC1(C)c2ccccc2C2(c3ccc(N(c4ccc(C#N)cc4)c4cccc5c4sc4c(C(F)(F)F)cccc45)cc3-c3cc(N(c4ccc(C#N)cc4)c4cccc5c4sc4c(C(F)(F)F)cccc45)ccc32)c2ccccc21. The first-order valence-corrected chi connectivity index (χ1v) is 27.4. The first-order valence-electron chi connectivity index (χ1n) is 25.7. The van der Waals surface area contributed by atoms with E-state index in [-0.39, 0.29) is 9.40 Å². The third-order valence-electron chi connectivity index (χ3n) is 16.2. The molecule has 0 radical (unpaired) electrons. The molecule has 0 unspecified atom stereocenters. The maximum atomic E-state index is 14.7. The Kier molecular flexibility index (Phi) is 10.8. The molecule has 80 heavy (non-hydrogen) atoms. The third-order valence-corrected chi connectivity index (χ3v) is 18.8. The fourth-order valence-corrected chi connectivity index (χ4v) is 15.5. The molecule has 0 fully saturated rings. The normalized spacial score (nSPS) is 13.9. The van der Waals surface area contributed by atoms with Crippen LogP contribution in [0.25, 0.3) is 51.5 Å². The van der Waals surface area contributed by atoms with E-state index in [1.807, 2.05) is 70.5 Å². The summed E-state index contributed by atoms with van der Waals surface area (Å²) in [5.74, 6) is 0. The van der Waals surface area contributed by atoms with Crippen LogP contribution in [0.5, 0.6) is 0 Å². The lowest BCUT2D eigenvalue weighted by atomic mass is 9.55. The molecule has 2 aliphatic rings. The molecule has 10 aromatic carbocycles. The second-order valence-corrected chi connectivity index (χ2v) is 22.8. The summed E-state index contributed by atoms with van der Waals surface area (Å²) in [6, 6.07) is 68.6. The van der Waals surface area contributed by atoms with Crippen LogP contribution in [-0.2, 0) is 23.2 Å². The summed E-state index contributed by atoms with van der Waals surface area (Å²) >= 11 is 2.20. The zero-order valence-electron chi connectivity index (χ0n) is 42.5. The predicted molar refractivity (Wildman–Crippen MR) is 310 cm³/mol. The van der Waals surface area contributed by atoms with Crippen molar-refractivity contribution in [2.24, 2.45) is 0 Å². The van der Waals surface area contributed by atoms with Gasteiger partial charge in [0.1, 0.15) is 0 Å². The molecule has 0 saturated carbocycles. The Morgan fingerprint density at radius 3 is 1.10 bits per heavy atom. The lowest BCUT2D eigenvalue weighted by molar-refractivity contribution is -0.137. The molecule has 0 amide bonds. The Hall–Kier alpha value is -9.20. The molecule has 0 atom stereocenters. The monoisotopic (exact) mass is 1090 g/mol. The number of hydrogen-bond acceptors (Lipinski definition) is 6. The molecule has 0 N–H and O–H groups in total. The van der Waals surface area contributed by atoms with E-state index in [1.165, 1.54) is 12.1 Å². The van der Waals surface area contributed by atoms with Crippen LogP contribution in [0.4, 0.5) is 60.5 Å². The molecule has 0 bridgehead atoms. The Labute approximate surface area is 463 Å². The van der Waals surface area contributed by atoms with Gasteiger partial charge in [-0.3, -0.25) is 0 Å². The van der Waals surface area contributed by atoms with Gasteiger partial charge in [-0.25, -0.2) is 0 Å². The highest BCUT2D eigenvalue weighted by atomic mass is 32.1. The number of halogens is 6. The van der Waals surface area contributed by atoms with Crippen LogP contribution in [0.15, 0.2) is 206 Å². The quantitative estimate of drug-likeness (QED) is 0.156. The number of benzene rings is 10. The summed E-state index contributed by atoms with van der Waals surface area (Å²) in [5.41, 5.74) is 10.6. The first kappa shape index (κ1) is 49.1. The highest BCUT2D eigenvalue weighted by Gasteiger charge is 2.53. The highest BCUT2D eigenvalue weighted by Crippen LogP contribution is 2.64. The summed E-state index contributed by atoms with van der Waals surface area (Å²) < 4.78 is 89.9. The van der Waals surface area contributed by atoms with Gasteiger partial charge in [-0.2, -0.15) is 36.9 Å². The van der Waals surface area contributed by atoms with Gasteiger partial charge in [0.2, 0.25) is 0 Å². The molecule has 2 aromatic heterocycles. The van der Waals surface area contributed by atoms with Crippen molar-refractivity contribution in [2.75, 3.05) is 9.80 Å². The minimum atomic E-state index is -4.59. The van der Waals surface area contributed by atoms with Crippen molar-refractivity contribution >= 4 is 97.1 Å². The number of nitrogens with zero attached hydrogens (tertiary/aromatic N) is 4. The topological polar surface area (TPSA) is 54.1 Å². The van der Waals surface area contributed by atoms with Crippen LogP contribution < -0.4 is 9.80 Å². The van der Waals surface area contributed by atoms with Gasteiger partial charge in [0.15, 0.2) is 0 Å². The molecule has 2 aliphatic carbocycles. The smallest absolute Gasteiger partial charge is 0.309 e. The summed E-state index contributed by atoms with van der Waals surface area (Å²) in [4.78, 5) is 4.10. The number of nitriles is 2. The molecule has 12 heteroatoms. The Morgan fingerprint density at radius 2 is 0.725 bits per heavy atom.